The standard InChI is InChI=1S/C15H13N3/c16-6-5-10-7-11(9-17)15-12-3-1-2-4-13(12)18-14(15)8-10/h1-4,7-8,18H,5-6,16H2. The highest BCUT2D eigenvalue weighted by atomic mass is 14.7. The van der Waals surface area contributed by atoms with Crippen LogP contribution in [0.2, 0.25) is 0 Å². The number of hydrogen-bond acceptors (Lipinski definition) is 2. The Balaban J connectivity index is 2.41. The Labute approximate surface area is 105 Å². The SMILES string of the molecule is N#Cc1cc(CCN)cc2[nH]c3ccccc3c12. The molecule has 0 fully saturated rings. The van der Waals surface area contributed by atoms with E-state index in [-0.39, 0.29) is 0 Å². The van der Waals surface area contributed by atoms with Crippen molar-refractivity contribution in [2.24, 2.45) is 5.73 Å². The van der Waals surface area contributed by atoms with Crippen molar-refractivity contribution in [3.63, 3.8) is 0 Å². The van der Waals surface area contributed by atoms with Crippen molar-refractivity contribution in [3.05, 3.63) is 47.5 Å². The van der Waals surface area contributed by atoms with Crippen LogP contribution in [-0.4, -0.2) is 11.5 Å². The van der Waals surface area contributed by atoms with Crippen LogP contribution in [0, 0.1) is 11.3 Å². The van der Waals surface area contributed by atoms with Gasteiger partial charge in [0.05, 0.1) is 11.6 Å². The molecule has 3 rings (SSSR count). The number of para-hydroxylation sites is 1. The molecule has 0 aliphatic rings. The van der Waals surface area contributed by atoms with Gasteiger partial charge in [-0.3, -0.25) is 0 Å². The molecule has 0 saturated carbocycles. The van der Waals surface area contributed by atoms with Crippen LogP contribution in [0.1, 0.15) is 11.1 Å². The molecule has 2 aromatic carbocycles. The largest absolute Gasteiger partial charge is 0.354 e. The number of rotatable bonds is 2. The van der Waals surface area contributed by atoms with E-state index in [1.165, 1.54) is 0 Å². The molecular formula is C15H13N3. The van der Waals surface area contributed by atoms with Crippen LogP contribution in [0.4, 0.5) is 0 Å². The molecule has 0 spiro atoms. The van der Waals surface area contributed by atoms with Crippen LogP contribution in [-0.2, 0) is 6.42 Å². The fraction of sp³-hybridized carbons (Fsp3) is 0.133. The highest BCUT2D eigenvalue weighted by Gasteiger charge is 2.09. The van der Waals surface area contributed by atoms with Crippen molar-refractivity contribution in [2.45, 2.75) is 6.42 Å². The number of nitrogens with two attached hydrogens (primary N) is 1. The Kier molecular flexibility index (Phi) is 2.51. The molecule has 1 heterocycles. The van der Waals surface area contributed by atoms with Gasteiger partial charge in [0.15, 0.2) is 0 Å². The minimum Gasteiger partial charge on any atom is -0.354 e. The van der Waals surface area contributed by atoms with E-state index in [2.05, 4.69) is 17.1 Å². The minimum absolute atomic E-state index is 0.594. The Morgan fingerprint density at radius 2 is 2.00 bits per heavy atom. The molecular weight excluding hydrogens is 222 g/mol. The summed E-state index contributed by atoms with van der Waals surface area (Å²) in [6.45, 7) is 0.594. The van der Waals surface area contributed by atoms with Crippen LogP contribution in [0.5, 0.6) is 0 Å². The van der Waals surface area contributed by atoms with Crippen molar-refractivity contribution in [1.29, 1.82) is 5.26 Å². The lowest BCUT2D eigenvalue weighted by atomic mass is 10.0. The van der Waals surface area contributed by atoms with E-state index in [1.807, 2.05) is 30.3 Å². The van der Waals surface area contributed by atoms with Crippen molar-refractivity contribution < 1.29 is 0 Å². The third kappa shape index (κ3) is 1.55. The zero-order valence-corrected chi connectivity index (χ0v) is 9.90. The first-order chi connectivity index (χ1) is 8.83. The molecule has 0 bridgehead atoms. The zero-order valence-electron chi connectivity index (χ0n) is 9.90. The molecule has 0 aliphatic heterocycles. The summed E-state index contributed by atoms with van der Waals surface area (Å²) in [5.74, 6) is 0. The third-order valence-electron chi connectivity index (χ3n) is 3.22. The number of H-pyrrole nitrogens is 1. The second kappa shape index (κ2) is 4.17. The number of nitrogens with zero attached hydrogens (tertiary/aromatic N) is 1. The predicted molar refractivity (Wildman–Crippen MR) is 73.3 cm³/mol. The summed E-state index contributed by atoms with van der Waals surface area (Å²) >= 11 is 0. The van der Waals surface area contributed by atoms with E-state index in [0.717, 1.165) is 33.8 Å². The van der Waals surface area contributed by atoms with Gasteiger partial charge in [-0.15, -0.1) is 0 Å². The molecule has 0 unspecified atom stereocenters. The van der Waals surface area contributed by atoms with Crippen molar-refractivity contribution >= 4 is 21.8 Å². The van der Waals surface area contributed by atoms with E-state index in [0.29, 0.717) is 12.1 Å². The first-order valence-electron chi connectivity index (χ1n) is 5.97. The Morgan fingerprint density at radius 3 is 2.78 bits per heavy atom. The van der Waals surface area contributed by atoms with Crippen LogP contribution in [0.3, 0.4) is 0 Å². The number of hydrogen-bond donors (Lipinski definition) is 2. The van der Waals surface area contributed by atoms with Crippen LogP contribution < -0.4 is 5.73 Å². The average molecular weight is 235 g/mol. The van der Waals surface area contributed by atoms with Crippen LogP contribution >= 0.6 is 0 Å². The van der Waals surface area contributed by atoms with Gasteiger partial charge in [0.1, 0.15) is 0 Å². The Bertz CT molecular complexity index is 762. The van der Waals surface area contributed by atoms with Gasteiger partial charge in [0.25, 0.3) is 0 Å². The van der Waals surface area contributed by atoms with E-state index in [9.17, 15) is 5.26 Å². The van der Waals surface area contributed by atoms with Gasteiger partial charge < -0.3 is 10.7 Å². The van der Waals surface area contributed by atoms with Crippen molar-refractivity contribution in [1.82, 2.24) is 4.98 Å². The number of nitriles is 1. The quantitative estimate of drug-likeness (QED) is 0.717. The Hall–Kier alpha value is -2.31. The van der Waals surface area contributed by atoms with Crippen LogP contribution in [0.25, 0.3) is 21.8 Å². The smallest absolute Gasteiger partial charge is 0.0999 e. The molecule has 0 saturated heterocycles. The maximum Gasteiger partial charge on any atom is 0.0999 e. The lowest BCUT2D eigenvalue weighted by molar-refractivity contribution is 0.970. The first kappa shape index (κ1) is 10.8. The molecule has 3 aromatic rings. The topological polar surface area (TPSA) is 65.6 Å². The van der Waals surface area contributed by atoms with Gasteiger partial charge >= 0.3 is 0 Å². The lowest BCUT2D eigenvalue weighted by Gasteiger charge is -2.01. The van der Waals surface area contributed by atoms with Gasteiger partial charge in [0.2, 0.25) is 0 Å². The molecule has 0 atom stereocenters. The highest BCUT2D eigenvalue weighted by molar-refractivity contribution is 6.10. The summed E-state index contributed by atoms with van der Waals surface area (Å²) in [7, 11) is 0. The van der Waals surface area contributed by atoms with Gasteiger partial charge in [0, 0.05) is 21.8 Å². The van der Waals surface area contributed by atoms with Crippen molar-refractivity contribution in [3.8, 4) is 6.07 Å². The number of fused-ring (bicyclic) bond motifs is 3. The van der Waals surface area contributed by atoms with Crippen LogP contribution in [0.15, 0.2) is 36.4 Å². The Morgan fingerprint density at radius 1 is 1.17 bits per heavy atom. The molecule has 3 heteroatoms. The third-order valence-corrected chi connectivity index (χ3v) is 3.22. The zero-order chi connectivity index (χ0) is 12.5. The van der Waals surface area contributed by atoms with E-state index in [1.54, 1.807) is 0 Å². The summed E-state index contributed by atoms with van der Waals surface area (Å²) in [5, 5.41) is 11.4. The highest BCUT2D eigenvalue weighted by Crippen LogP contribution is 2.29. The van der Waals surface area contributed by atoms with Gasteiger partial charge in [-0.05, 0) is 36.7 Å². The normalized spacial score (nSPS) is 10.9. The summed E-state index contributed by atoms with van der Waals surface area (Å²) < 4.78 is 0. The second-order valence-corrected chi connectivity index (χ2v) is 4.39. The monoisotopic (exact) mass is 235 g/mol. The fourth-order valence-electron chi connectivity index (χ4n) is 2.45. The summed E-state index contributed by atoms with van der Waals surface area (Å²) in [5.41, 5.74) is 9.48. The minimum atomic E-state index is 0.594. The second-order valence-electron chi connectivity index (χ2n) is 4.39. The number of benzene rings is 2. The molecule has 3 nitrogen and oxygen atoms in total. The van der Waals surface area contributed by atoms with Gasteiger partial charge in [-0.25, -0.2) is 0 Å². The van der Waals surface area contributed by atoms with E-state index < -0.39 is 0 Å². The molecule has 88 valence electrons. The first-order valence-corrected chi connectivity index (χ1v) is 5.97. The van der Waals surface area contributed by atoms with E-state index in [4.69, 9.17) is 5.73 Å². The molecule has 0 aliphatic carbocycles. The molecule has 1 aromatic heterocycles. The van der Waals surface area contributed by atoms with Gasteiger partial charge in [-0.1, -0.05) is 18.2 Å². The number of aromatic nitrogens is 1. The number of nitrogens with one attached hydrogen (secondary N) is 1. The summed E-state index contributed by atoms with van der Waals surface area (Å²) in [6, 6.07) is 14.4. The van der Waals surface area contributed by atoms with E-state index >= 15 is 0 Å². The maximum absolute atomic E-state index is 9.31. The molecule has 0 amide bonds. The molecule has 0 radical (unpaired) electrons. The summed E-state index contributed by atoms with van der Waals surface area (Å²) in [6.07, 6.45) is 0.792. The molecule has 18 heavy (non-hydrogen) atoms. The fourth-order valence-corrected chi connectivity index (χ4v) is 2.45. The summed E-state index contributed by atoms with van der Waals surface area (Å²) in [4.78, 5) is 3.36. The van der Waals surface area contributed by atoms with Gasteiger partial charge in [-0.2, -0.15) is 5.26 Å². The predicted octanol–water partition coefficient (Wildman–Crippen LogP) is 2.69. The van der Waals surface area contributed by atoms with Crippen molar-refractivity contribution in [2.75, 3.05) is 6.54 Å². The molecule has 3 N–H and O–H groups in total. The average Bonchev–Trinajstić information content (AvgIpc) is 2.76. The number of aromatic amines is 1. The lowest BCUT2D eigenvalue weighted by Crippen LogP contribution is -2.02. The maximum atomic E-state index is 9.31.